The molecule has 6 nitrogen and oxygen atoms in total. The molecule has 1 atom stereocenters. The fraction of sp³-hybridized carbons (Fsp3) is 0.333. The van der Waals surface area contributed by atoms with Gasteiger partial charge in [0.1, 0.15) is 5.69 Å². The molecule has 0 radical (unpaired) electrons. The molecule has 3 rings (SSSR count). The van der Waals surface area contributed by atoms with Crippen molar-refractivity contribution in [3.63, 3.8) is 0 Å². The molecular formula is C18H21N3O3S. The molecule has 1 fully saturated rings. The zero-order valence-electron chi connectivity index (χ0n) is 14.2. The van der Waals surface area contributed by atoms with Gasteiger partial charge in [0.25, 0.3) is 5.91 Å². The zero-order valence-corrected chi connectivity index (χ0v) is 15.1. The summed E-state index contributed by atoms with van der Waals surface area (Å²) in [6.07, 6.45) is 2.06. The van der Waals surface area contributed by atoms with Crippen LogP contribution in [0, 0.1) is 13.8 Å². The number of nitrogens with one attached hydrogen (secondary N) is 2. The van der Waals surface area contributed by atoms with Gasteiger partial charge in [0.2, 0.25) is 0 Å². The Morgan fingerprint density at radius 2 is 2.00 bits per heavy atom. The van der Waals surface area contributed by atoms with E-state index in [0.29, 0.717) is 6.42 Å². The van der Waals surface area contributed by atoms with E-state index in [1.165, 1.54) is 5.56 Å². The maximum Gasteiger partial charge on any atom is 0.270 e. The summed E-state index contributed by atoms with van der Waals surface area (Å²) in [5.74, 6) is -0.213. The van der Waals surface area contributed by atoms with E-state index in [1.807, 2.05) is 26.0 Å². The van der Waals surface area contributed by atoms with E-state index in [0.717, 1.165) is 16.9 Å². The standard InChI is InChI=1S/C18H21N3O3S/c1-12-3-5-16(13(2)9-12)20-14-4-6-17(19-10-14)18(22)21-15-7-8-25(23,24)11-15/h3-6,9-10,15,20H,7-8,11H2,1-2H3,(H,21,22). The Labute approximate surface area is 147 Å². The van der Waals surface area contributed by atoms with Gasteiger partial charge in [-0.05, 0) is 44.0 Å². The second kappa shape index (κ2) is 6.84. The van der Waals surface area contributed by atoms with Crippen LogP contribution < -0.4 is 10.6 Å². The quantitative estimate of drug-likeness (QED) is 0.875. The highest BCUT2D eigenvalue weighted by Gasteiger charge is 2.29. The molecule has 0 spiro atoms. The van der Waals surface area contributed by atoms with Crippen LogP contribution in [0.3, 0.4) is 0 Å². The second-order valence-electron chi connectivity index (χ2n) is 6.45. The van der Waals surface area contributed by atoms with Crippen molar-refractivity contribution in [3.8, 4) is 0 Å². The molecule has 1 aliphatic rings. The van der Waals surface area contributed by atoms with E-state index < -0.39 is 9.84 Å². The van der Waals surface area contributed by atoms with Gasteiger partial charge in [-0.3, -0.25) is 4.79 Å². The third-order valence-electron chi connectivity index (χ3n) is 4.22. The molecule has 2 aromatic rings. The van der Waals surface area contributed by atoms with Gasteiger partial charge < -0.3 is 10.6 Å². The molecule has 1 aliphatic heterocycles. The summed E-state index contributed by atoms with van der Waals surface area (Å²) in [5, 5.41) is 6.01. The highest BCUT2D eigenvalue weighted by molar-refractivity contribution is 7.91. The van der Waals surface area contributed by atoms with Crippen molar-refractivity contribution >= 4 is 27.1 Å². The molecule has 7 heteroatoms. The van der Waals surface area contributed by atoms with Gasteiger partial charge in [-0.25, -0.2) is 13.4 Å². The predicted octanol–water partition coefficient (Wildman–Crippen LogP) is 2.36. The minimum atomic E-state index is -3.02. The van der Waals surface area contributed by atoms with Crippen molar-refractivity contribution in [3.05, 3.63) is 53.3 Å². The first-order valence-electron chi connectivity index (χ1n) is 8.14. The number of carbonyl (C=O) groups is 1. The highest BCUT2D eigenvalue weighted by Crippen LogP contribution is 2.21. The van der Waals surface area contributed by atoms with Crippen molar-refractivity contribution in [2.24, 2.45) is 0 Å². The molecule has 0 aliphatic carbocycles. The molecule has 2 heterocycles. The maximum absolute atomic E-state index is 12.2. The molecule has 2 N–H and O–H groups in total. The van der Waals surface area contributed by atoms with Gasteiger partial charge in [-0.2, -0.15) is 0 Å². The number of hydrogen-bond donors (Lipinski definition) is 2. The molecule has 1 amide bonds. The van der Waals surface area contributed by atoms with Gasteiger partial charge in [-0.15, -0.1) is 0 Å². The molecule has 1 saturated heterocycles. The van der Waals surface area contributed by atoms with Crippen LogP contribution in [0.2, 0.25) is 0 Å². The van der Waals surface area contributed by atoms with Crippen LogP contribution in [0.25, 0.3) is 0 Å². The number of pyridine rings is 1. The Balaban J connectivity index is 1.64. The smallest absolute Gasteiger partial charge is 0.270 e. The van der Waals surface area contributed by atoms with Crippen molar-refractivity contribution in [1.29, 1.82) is 0 Å². The van der Waals surface area contributed by atoms with E-state index in [9.17, 15) is 13.2 Å². The number of aryl methyl sites for hydroxylation is 2. The SMILES string of the molecule is Cc1ccc(Nc2ccc(C(=O)NC3CCS(=O)(=O)C3)nc2)c(C)c1. The molecule has 1 aromatic heterocycles. The summed E-state index contributed by atoms with van der Waals surface area (Å²) in [5.41, 5.74) is 4.37. The fourth-order valence-electron chi connectivity index (χ4n) is 2.88. The first-order chi connectivity index (χ1) is 11.8. The number of nitrogens with zero attached hydrogens (tertiary/aromatic N) is 1. The third-order valence-corrected chi connectivity index (χ3v) is 5.99. The first kappa shape index (κ1) is 17.4. The number of anilines is 2. The van der Waals surface area contributed by atoms with E-state index in [2.05, 4.69) is 21.7 Å². The van der Waals surface area contributed by atoms with Gasteiger partial charge in [-0.1, -0.05) is 17.7 Å². The maximum atomic E-state index is 12.2. The van der Waals surface area contributed by atoms with Crippen molar-refractivity contribution < 1.29 is 13.2 Å². The number of rotatable bonds is 4. The van der Waals surface area contributed by atoms with Crippen LogP contribution in [-0.2, 0) is 9.84 Å². The number of hydrogen-bond acceptors (Lipinski definition) is 5. The van der Waals surface area contributed by atoms with Gasteiger partial charge in [0.05, 0.1) is 23.4 Å². The summed E-state index contributed by atoms with van der Waals surface area (Å²) < 4.78 is 22.9. The van der Waals surface area contributed by atoms with Crippen LogP contribution >= 0.6 is 0 Å². The molecule has 25 heavy (non-hydrogen) atoms. The summed E-state index contributed by atoms with van der Waals surface area (Å²) in [6, 6.07) is 9.21. The number of sulfone groups is 1. The van der Waals surface area contributed by atoms with Crippen LogP contribution in [0.5, 0.6) is 0 Å². The topological polar surface area (TPSA) is 88.2 Å². The summed E-state index contributed by atoms with van der Waals surface area (Å²) in [7, 11) is -3.02. The third kappa shape index (κ3) is 4.36. The van der Waals surface area contributed by atoms with Crippen LogP contribution in [0.4, 0.5) is 11.4 Å². The Hall–Kier alpha value is -2.41. The Bertz CT molecular complexity index is 892. The lowest BCUT2D eigenvalue weighted by atomic mass is 10.1. The zero-order chi connectivity index (χ0) is 18.0. The minimum absolute atomic E-state index is 0.00504. The van der Waals surface area contributed by atoms with Crippen LogP contribution in [0.15, 0.2) is 36.5 Å². The molecule has 0 bridgehead atoms. The predicted molar refractivity (Wildman–Crippen MR) is 98.0 cm³/mol. The van der Waals surface area contributed by atoms with E-state index >= 15 is 0 Å². The van der Waals surface area contributed by atoms with E-state index in [-0.39, 0.29) is 29.1 Å². The van der Waals surface area contributed by atoms with Crippen LogP contribution in [-0.4, -0.2) is 36.9 Å². The average Bonchev–Trinajstić information content (AvgIpc) is 2.89. The Morgan fingerprint density at radius 3 is 2.60 bits per heavy atom. The molecule has 0 saturated carbocycles. The van der Waals surface area contributed by atoms with Crippen molar-refractivity contribution in [1.82, 2.24) is 10.3 Å². The fourth-order valence-corrected chi connectivity index (χ4v) is 4.55. The molecule has 1 aromatic carbocycles. The summed E-state index contributed by atoms with van der Waals surface area (Å²) in [4.78, 5) is 16.4. The Morgan fingerprint density at radius 1 is 1.20 bits per heavy atom. The average molecular weight is 359 g/mol. The normalized spacial score (nSPS) is 18.7. The first-order valence-corrected chi connectivity index (χ1v) is 9.96. The highest BCUT2D eigenvalue weighted by atomic mass is 32.2. The van der Waals surface area contributed by atoms with Crippen molar-refractivity contribution in [2.75, 3.05) is 16.8 Å². The number of carbonyl (C=O) groups excluding carboxylic acids is 1. The molecule has 132 valence electrons. The summed E-state index contributed by atoms with van der Waals surface area (Å²) >= 11 is 0. The largest absolute Gasteiger partial charge is 0.354 e. The summed E-state index contributed by atoms with van der Waals surface area (Å²) in [6.45, 7) is 4.07. The van der Waals surface area contributed by atoms with Gasteiger partial charge in [0, 0.05) is 11.7 Å². The Kier molecular flexibility index (Phi) is 4.76. The number of amides is 1. The second-order valence-corrected chi connectivity index (χ2v) is 8.68. The lowest BCUT2D eigenvalue weighted by Gasteiger charge is -2.12. The minimum Gasteiger partial charge on any atom is -0.354 e. The van der Waals surface area contributed by atoms with Crippen LogP contribution in [0.1, 0.15) is 28.0 Å². The van der Waals surface area contributed by atoms with Gasteiger partial charge in [0.15, 0.2) is 9.84 Å². The van der Waals surface area contributed by atoms with Crippen molar-refractivity contribution in [2.45, 2.75) is 26.3 Å². The monoisotopic (exact) mass is 359 g/mol. The lowest BCUT2D eigenvalue weighted by Crippen LogP contribution is -2.36. The number of benzene rings is 1. The van der Waals surface area contributed by atoms with E-state index in [4.69, 9.17) is 0 Å². The molecule has 1 unspecified atom stereocenters. The van der Waals surface area contributed by atoms with Gasteiger partial charge >= 0.3 is 0 Å². The molecular weight excluding hydrogens is 338 g/mol. The number of aromatic nitrogens is 1. The van der Waals surface area contributed by atoms with E-state index in [1.54, 1.807) is 18.3 Å². The lowest BCUT2D eigenvalue weighted by molar-refractivity contribution is 0.0936.